The summed E-state index contributed by atoms with van der Waals surface area (Å²) in [6, 6.07) is 2.34. The summed E-state index contributed by atoms with van der Waals surface area (Å²) in [5, 5.41) is 0.914. The first-order valence-corrected chi connectivity index (χ1v) is 10.2. The molecule has 0 spiro atoms. The molecule has 0 saturated heterocycles. The second-order valence-electron chi connectivity index (χ2n) is 8.39. The van der Waals surface area contributed by atoms with Gasteiger partial charge in [-0.05, 0) is 69.6 Å². The molecular weight excluding hydrogens is 348 g/mol. The molecule has 0 N–H and O–H groups in total. The molecule has 0 saturated carbocycles. The van der Waals surface area contributed by atoms with Crippen LogP contribution in [0.1, 0.15) is 57.2 Å². The van der Waals surface area contributed by atoms with Crippen LogP contribution in [0.15, 0.2) is 6.07 Å². The van der Waals surface area contributed by atoms with Gasteiger partial charge in [0, 0.05) is 26.2 Å². The Morgan fingerprint density at radius 1 is 1.15 bits per heavy atom. The highest BCUT2D eigenvalue weighted by atomic mass is 35.5. The minimum absolute atomic E-state index is 0.223. The Bertz CT molecular complexity index is 682. The number of anilines is 1. The van der Waals surface area contributed by atoms with E-state index >= 15 is 0 Å². The molecule has 26 heavy (non-hydrogen) atoms. The zero-order valence-corrected chi connectivity index (χ0v) is 17.3. The highest BCUT2D eigenvalue weighted by Gasteiger charge is 2.28. The van der Waals surface area contributed by atoms with Gasteiger partial charge in [-0.1, -0.05) is 24.6 Å². The van der Waals surface area contributed by atoms with Crippen molar-refractivity contribution in [2.75, 3.05) is 31.1 Å². The van der Waals surface area contributed by atoms with Crippen molar-refractivity contribution in [1.29, 1.82) is 0 Å². The molecule has 0 bridgehead atoms. The Morgan fingerprint density at radius 3 is 2.58 bits per heavy atom. The first-order chi connectivity index (χ1) is 12.3. The van der Waals surface area contributed by atoms with Crippen LogP contribution in [0.5, 0.6) is 0 Å². The van der Waals surface area contributed by atoms with Gasteiger partial charge in [0.1, 0.15) is 5.60 Å². The number of hydrogen-bond acceptors (Lipinski definition) is 3. The lowest BCUT2D eigenvalue weighted by atomic mass is 9.93. The van der Waals surface area contributed by atoms with E-state index in [1.807, 2.05) is 25.7 Å². The number of nitrogens with zero attached hydrogens (tertiary/aromatic N) is 2. The molecule has 0 atom stereocenters. The van der Waals surface area contributed by atoms with E-state index in [1.54, 1.807) is 0 Å². The van der Waals surface area contributed by atoms with Crippen molar-refractivity contribution in [3.05, 3.63) is 27.8 Å². The molecule has 0 radical (unpaired) electrons. The topological polar surface area (TPSA) is 32.8 Å². The number of carbonyl (C=O) groups is 1. The van der Waals surface area contributed by atoms with Gasteiger partial charge in [-0.2, -0.15) is 0 Å². The van der Waals surface area contributed by atoms with E-state index < -0.39 is 5.60 Å². The maximum absolute atomic E-state index is 12.5. The van der Waals surface area contributed by atoms with Crippen LogP contribution >= 0.6 is 11.6 Å². The SMILES string of the molecule is CCCN1CCCc2cc3c(c(Cl)c21)CCN(C(=O)OC(C)(C)C)CC3. The molecule has 0 aliphatic carbocycles. The monoisotopic (exact) mass is 378 g/mol. The molecule has 0 aromatic heterocycles. The number of carbonyl (C=O) groups excluding carboxylic acids is 1. The Morgan fingerprint density at radius 2 is 1.88 bits per heavy atom. The van der Waals surface area contributed by atoms with Gasteiger partial charge < -0.3 is 14.5 Å². The number of hydrogen-bond donors (Lipinski definition) is 0. The van der Waals surface area contributed by atoms with E-state index in [2.05, 4.69) is 17.9 Å². The van der Waals surface area contributed by atoms with Crippen molar-refractivity contribution in [2.24, 2.45) is 0 Å². The minimum atomic E-state index is -0.465. The molecule has 0 fully saturated rings. The van der Waals surface area contributed by atoms with E-state index in [-0.39, 0.29) is 6.09 Å². The van der Waals surface area contributed by atoms with Crippen molar-refractivity contribution in [3.63, 3.8) is 0 Å². The number of aryl methyl sites for hydroxylation is 1. The number of fused-ring (bicyclic) bond motifs is 2. The third kappa shape index (κ3) is 4.11. The fourth-order valence-electron chi connectivity index (χ4n) is 4.01. The van der Waals surface area contributed by atoms with Gasteiger partial charge in [-0.3, -0.25) is 0 Å². The van der Waals surface area contributed by atoms with Crippen LogP contribution in [0.25, 0.3) is 0 Å². The molecule has 2 aliphatic heterocycles. The molecule has 1 aromatic carbocycles. The number of benzene rings is 1. The van der Waals surface area contributed by atoms with Crippen molar-refractivity contribution in [1.82, 2.24) is 4.90 Å². The van der Waals surface area contributed by atoms with Crippen molar-refractivity contribution in [2.45, 2.75) is 65.4 Å². The molecule has 3 rings (SSSR count). The molecule has 4 nitrogen and oxygen atoms in total. The number of ether oxygens (including phenoxy) is 1. The van der Waals surface area contributed by atoms with Crippen LogP contribution < -0.4 is 4.90 Å². The van der Waals surface area contributed by atoms with Crippen LogP contribution in [-0.4, -0.2) is 42.8 Å². The first kappa shape index (κ1) is 19.3. The third-order valence-corrected chi connectivity index (χ3v) is 5.54. The zero-order valence-electron chi connectivity index (χ0n) is 16.5. The third-order valence-electron chi connectivity index (χ3n) is 5.13. The predicted octanol–water partition coefficient (Wildman–Crippen LogP) is 4.84. The standard InChI is InChI=1S/C21H31ClN2O2/c1-5-10-23-11-6-7-16-14-15-8-12-24(20(25)26-21(2,3)4)13-9-17(15)18(22)19(16)23/h14H,5-13H2,1-4H3. The number of amides is 1. The lowest BCUT2D eigenvalue weighted by Gasteiger charge is -2.33. The Balaban J connectivity index is 1.84. The second kappa shape index (κ2) is 7.67. The Hall–Kier alpha value is -1.42. The largest absolute Gasteiger partial charge is 0.444 e. The summed E-state index contributed by atoms with van der Waals surface area (Å²) in [6.07, 6.45) is 4.82. The summed E-state index contributed by atoms with van der Waals surface area (Å²) in [6.45, 7) is 11.4. The van der Waals surface area contributed by atoms with Crippen molar-refractivity contribution in [3.8, 4) is 0 Å². The molecule has 1 amide bonds. The lowest BCUT2D eigenvalue weighted by molar-refractivity contribution is 0.0258. The smallest absolute Gasteiger partial charge is 0.410 e. The average molecular weight is 379 g/mol. The quantitative estimate of drug-likeness (QED) is 0.738. The molecule has 1 aromatic rings. The van der Waals surface area contributed by atoms with Crippen LogP contribution in [0.3, 0.4) is 0 Å². The highest BCUT2D eigenvalue weighted by molar-refractivity contribution is 6.34. The summed E-state index contributed by atoms with van der Waals surface area (Å²) in [5.41, 5.74) is 4.68. The maximum Gasteiger partial charge on any atom is 0.410 e. The van der Waals surface area contributed by atoms with E-state index in [0.29, 0.717) is 13.1 Å². The van der Waals surface area contributed by atoms with Gasteiger partial charge in [0.25, 0.3) is 0 Å². The summed E-state index contributed by atoms with van der Waals surface area (Å²) in [5.74, 6) is 0. The molecular formula is C21H31ClN2O2. The van der Waals surface area contributed by atoms with Crippen LogP contribution in [0.4, 0.5) is 10.5 Å². The zero-order chi connectivity index (χ0) is 18.9. The Kier molecular flexibility index (Phi) is 5.71. The number of rotatable bonds is 2. The highest BCUT2D eigenvalue weighted by Crippen LogP contribution is 2.40. The van der Waals surface area contributed by atoms with Gasteiger partial charge in [0.2, 0.25) is 0 Å². The van der Waals surface area contributed by atoms with Gasteiger partial charge in [0.15, 0.2) is 0 Å². The number of halogens is 1. The molecule has 0 unspecified atom stereocenters. The fraction of sp³-hybridized carbons (Fsp3) is 0.667. The van der Waals surface area contributed by atoms with Crippen molar-refractivity contribution >= 4 is 23.4 Å². The van der Waals surface area contributed by atoms with Gasteiger partial charge in [-0.15, -0.1) is 0 Å². The maximum atomic E-state index is 12.5. The van der Waals surface area contributed by atoms with E-state index in [1.165, 1.54) is 28.8 Å². The fourth-order valence-corrected chi connectivity index (χ4v) is 4.46. The lowest BCUT2D eigenvalue weighted by Crippen LogP contribution is -2.38. The van der Waals surface area contributed by atoms with E-state index in [9.17, 15) is 4.79 Å². The molecule has 5 heteroatoms. The van der Waals surface area contributed by atoms with E-state index in [4.69, 9.17) is 16.3 Å². The van der Waals surface area contributed by atoms with E-state index in [0.717, 1.165) is 43.8 Å². The predicted molar refractivity (Wildman–Crippen MR) is 107 cm³/mol. The summed E-state index contributed by atoms with van der Waals surface area (Å²) < 4.78 is 5.56. The van der Waals surface area contributed by atoms with Gasteiger partial charge >= 0.3 is 6.09 Å². The van der Waals surface area contributed by atoms with Crippen LogP contribution in [-0.2, 0) is 24.0 Å². The summed E-state index contributed by atoms with van der Waals surface area (Å²) in [7, 11) is 0. The minimum Gasteiger partial charge on any atom is -0.444 e. The van der Waals surface area contributed by atoms with Crippen LogP contribution in [0, 0.1) is 0 Å². The normalized spacial score (nSPS) is 17.4. The summed E-state index contributed by atoms with van der Waals surface area (Å²) >= 11 is 6.91. The van der Waals surface area contributed by atoms with Crippen LogP contribution in [0.2, 0.25) is 5.02 Å². The Labute approximate surface area is 162 Å². The summed E-state index contributed by atoms with van der Waals surface area (Å²) in [4.78, 5) is 16.7. The molecule has 2 aliphatic rings. The molecule has 144 valence electrons. The second-order valence-corrected chi connectivity index (χ2v) is 8.77. The van der Waals surface area contributed by atoms with Crippen molar-refractivity contribution < 1.29 is 9.53 Å². The molecule has 2 heterocycles. The first-order valence-electron chi connectivity index (χ1n) is 9.86. The van der Waals surface area contributed by atoms with Gasteiger partial charge in [0.05, 0.1) is 10.7 Å². The average Bonchev–Trinajstić information content (AvgIpc) is 2.76. The van der Waals surface area contributed by atoms with Gasteiger partial charge in [-0.25, -0.2) is 4.79 Å².